The summed E-state index contributed by atoms with van der Waals surface area (Å²) < 4.78 is 10.8. The number of benzene rings is 2. The molecule has 1 aliphatic carbocycles. The maximum atomic E-state index is 12.9. The maximum Gasteiger partial charge on any atom is 0.257 e. The van der Waals surface area contributed by atoms with Gasteiger partial charge in [0.15, 0.2) is 0 Å². The van der Waals surface area contributed by atoms with Crippen LogP contribution >= 0.6 is 0 Å². The number of hydrogen-bond donors (Lipinski definition) is 0. The molecule has 31 heavy (non-hydrogen) atoms. The standard InChI is InChI=1S/C24H26N4O3/c1-30-21-8-3-2-7-20(21)24(29)28-15-13-27(14-16-28)19-11-9-17(10-12-19)22-25-23(31-26-22)18-5-4-6-18/h2-3,7-12,18H,4-6,13-16H2,1H3. The second-order valence-electron chi connectivity index (χ2n) is 8.11. The van der Waals surface area contributed by atoms with Gasteiger partial charge in [0.1, 0.15) is 5.75 Å². The third kappa shape index (κ3) is 3.87. The van der Waals surface area contributed by atoms with Gasteiger partial charge in [-0.15, -0.1) is 0 Å². The van der Waals surface area contributed by atoms with Gasteiger partial charge in [0.25, 0.3) is 5.91 Å². The molecule has 3 aromatic rings. The normalized spacial score (nSPS) is 16.8. The van der Waals surface area contributed by atoms with Crippen LogP contribution in [0.3, 0.4) is 0 Å². The second-order valence-corrected chi connectivity index (χ2v) is 8.11. The zero-order chi connectivity index (χ0) is 21.2. The first-order valence-corrected chi connectivity index (χ1v) is 10.8. The van der Waals surface area contributed by atoms with Gasteiger partial charge in [0.05, 0.1) is 12.7 Å². The highest BCUT2D eigenvalue weighted by Gasteiger charge is 2.26. The Hall–Kier alpha value is -3.35. The second kappa shape index (κ2) is 8.41. The van der Waals surface area contributed by atoms with Crippen molar-refractivity contribution in [2.75, 3.05) is 38.2 Å². The first-order chi connectivity index (χ1) is 15.2. The molecule has 7 nitrogen and oxygen atoms in total. The van der Waals surface area contributed by atoms with Crippen LogP contribution in [0.4, 0.5) is 5.69 Å². The fraction of sp³-hybridized carbons (Fsp3) is 0.375. The molecule has 0 spiro atoms. The summed E-state index contributed by atoms with van der Waals surface area (Å²) in [5.74, 6) is 2.50. The molecule has 0 radical (unpaired) electrons. The van der Waals surface area contributed by atoms with E-state index in [0.29, 0.717) is 36.1 Å². The summed E-state index contributed by atoms with van der Waals surface area (Å²) in [6.45, 7) is 2.92. The minimum Gasteiger partial charge on any atom is -0.496 e. The minimum atomic E-state index is 0.0202. The Kier molecular flexibility index (Phi) is 5.32. The summed E-state index contributed by atoms with van der Waals surface area (Å²) in [6, 6.07) is 15.6. The van der Waals surface area contributed by atoms with Gasteiger partial charge < -0.3 is 19.1 Å². The van der Waals surface area contributed by atoms with E-state index < -0.39 is 0 Å². The number of anilines is 1. The summed E-state index contributed by atoms with van der Waals surface area (Å²) in [5.41, 5.74) is 2.71. The van der Waals surface area contributed by atoms with Crippen LogP contribution in [0.25, 0.3) is 11.4 Å². The molecule has 0 bridgehead atoms. The van der Waals surface area contributed by atoms with Crippen molar-refractivity contribution in [2.45, 2.75) is 25.2 Å². The van der Waals surface area contributed by atoms with Gasteiger partial charge in [-0.3, -0.25) is 4.79 Å². The number of amides is 1. The SMILES string of the molecule is COc1ccccc1C(=O)N1CCN(c2ccc(-c3noc(C4CCC4)n3)cc2)CC1. The average molecular weight is 418 g/mol. The van der Waals surface area contributed by atoms with Gasteiger partial charge in [0, 0.05) is 43.3 Å². The Balaban J connectivity index is 1.21. The van der Waals surface area contributed by atoms with Crippen LogP contribution in [0.5, 0.6) is 5.75 Å². The van der Waals surface area contributed by atoms with E-state index in [-0.39, 0.29) is 5.91 Å². The number of hydrogen-bond acceptors (Lipinski definition) is 6. The Morgan fingerprint density at radius 1 is 1.03 bits per heavy atom. The zero-order valence-corrected chi connectivity index (χ0v) is 17.7. The molecular formula is C24H26N4O3. The summed E-state index contributed by atoms with van der Waals surface area (Å²) in [7, 11) is 1.59. The molecule has 160 valence electrons. The molecule has 2 aliphatic rings. The van der Waals surface area contributed by atoms with Crippen molar-refractivity contribution in [3.8, 4) is 17.1 Å². The monoisotopic (exact) mass is 418 g/mol. The van der Waals surface area contributed by atoms with Crippen molar-refractivity contribution >= 4 is 11.6 Å². The van der Waals surface area contributed by atoms with Crippen LogP contribution in [0.1, 0.15) is 41.4 Å². The molecule has 1 aromatic heterocycles. The van der Waals surface area contributed by atoms with E-state index in [9.17, 15) is 4.79 Å². The first-order valence-electron chi connectivity index (χ1n) is 10.8. The lowest BCUT2D eigenvalue weighted by molar-refractivity contribution is 0.0743. The third-order valence-electron chi connectivity index (χ3n) is 6.29. The highest BCUT2D eigenvalue weighted by Crippen LogP contribution is 2.36. The van der Waals surface area contributed by atoms with E-state index in [0.717, 1.165) is 43.1 Å². The molecule has 0 atom stereocenters. The zero-order valence-electron chi connectivity index (χ0n) is 17.7. The Morgan fingerprint density at radius 2 is 1.77 bits per heavy atom. The van der Waals surface area contributed by atoms with Gasteiger partial charge >= 0.3 is 0 Å². The lowest BCUT2D eigenvalue weighted by Gasteiger charge is -2.36. The van der Waals surface area contributed by atoms with Crippen LogP contribution in [-0.2, 0) is 0 Å². The molecule has 0 N–H and O–H groups in total. The first kappa shape index (κ1) is 19.6. The Labute approximate surface area is 181 Å². The summed E-state index contributed by atoms with van der Waals surface area (Å²) in [6.07, 6.45) is 3.53. The smallest absolute Gasteiger partial charge is 0.257 e. The Morgan fingerprint density at radius 3 is 2.45 bits per heavy atom. The highest BCUT2D eigenvalue weighted by atomic mass is 16.5. The van der Waals surface area contributed by atoms with Crippen molar-refractivity contribution < 1.29 is 14.1 Å². The van der Waals surface area contributed by atoms with Crippen molar-refractivity contribution in [1.29, 1.82) is 0 Å². The van der Waals surface area contributed by atoms with Crippen molar-refractivity contribution in [2.24, 2.45) is 0 Å². The number of methoxy groups -OCH3 is 1. The number of ether oxygens (including phenoxy) is 1. The predicted molar refractivity (Wildman–Crippen MR) is 117 cm³/mol. The number of rotatable bonds is 5. The van der Waals surface area contributed by atoms with Crippen molar-refractivity contribution in [3.63, 3.8) is 0 Å². The molecule has 1 saturated heterocycles. The molecule has 0 unspecified atom stereocenters. The van der Waals surface area contributed by atoms with E-state index in [4.69, 9.17) is 9.26 Å². The molecular weight excluding hydrogens is 392 g/mol. The molecule has 2 fully saturated rings. The van der Waals surface area contributed by atoms with E-state index in [2.05, 4.69) is 27.2 Å². The van der Waals surface area contributed by atoms with E-state index in [1.165, 1.54) is 6.42 Å². The average Bonchev–Trinajstić information content (AvgIpc) is 3.27. The molecule has 5 rings (SSSR count). The van der Waals surface area contributed by atoms with Crippen LogP contribution in [-0.4, -0.2) is 54.2 Å². The molecule has 1 amide bonds. The van der Waals surface area contributed by atoms with Gasteiger partial charge in [-0.05, 0) is 49.2 Å². The molecule has 1 aliphatic heterocycles. The number of nitrogens with zero attached hydrogens (tertiary/aromatic N) is 4. The lowest BCUT2D eigenvalue weighted by atomic mass is 9.85. The van der Waals surface area contributed by atoms with Gasteiger partial charge in [-0.1, -0.05) is 23.7 Å². The minimum absolute atomic E-state index is 0.0202. The van der Waals surface area contributed by atoms with Crippen molar-refractivity contribution in [3.05, 3.63) is 60.0 Å². The number of carbonyl (C=O) groups excluding carboxylic acids is 1. The number of carbonyl (C=O) groups is 1. The van der Waals surface area contributed by atoms with Gasteiger partial charge in [-0.2, -0.15) is 4.98 Å². The molecule has 7 heteroatoms. The van der Waals surface area contributed by atoms with Crippen LogP contribution in [0, 0.1) is 0 Å². The van der Waals surface area contributed by atoms with Gasteiger partial charge in [-0.25, -0.2) is 0 Å². The highest BCUT2D eigenvalue weighted by molar-refractivity contribution is 5.97. The fourth-order valence-corrected chi connectivity index (χ4v) is 4.15. The fourth-order valence-electron chi connectivity index (χ4n) is 4.15. The van der Waals surface area contributed by atoms with Gasteiger partial charge in [0.2, 0.25) is 11.7 Å². The van der Waals surface area contributed by atoms with Crippen molar-refractivity contribution in [1.82, 2.24) is 15.0 Å². The maximum absolute atomic E-state index is 12.9. The third-order valence-corrected chi connectivity index (χ3v) is 6.29. The largest absolute Gasteiger partial charge is 0.496 e. The van der Waals surface area contributed by atoms with Crippen LogP contribution in [0.2, 0.25) is 0 Å². The Bertz CT molecular complexity index is 1050. The number of aromatic nitrogens is 2. The summed E-state index contributed by atoms with van der Waals surface area (Å²) >= 11 is 0. The number of piperazine rings is 1. The summed E-state index contributed by atoms with van der Waals surface area (Å²) in [4.78, 5) is 21.7. The topological polar surface area (TPSA) is 71.7 Å². The summed E-state index contributed by atoms with van der Waals surface area (Å²) in [5, 5.41) is 4.15. The molecule has 2 aromatic carbocycles. The van der Waals surface area contributed by atoms with E-state index in [1.807, 2.05) is 41.3 Å². The molecule has 2 heterocycles. The van der Waals surface area contributed by atoms with E-state index >= 15 is 0 Å². The van der Waals surface area contributed by atoms with E-state index in [1.54, 1.807) is 7.11 Å². The van der Waals surface area contributed by atoms with Crippen LogP contribution in [0.15, 0.2) is 53.1 Å². The quantitative estimate of drug-likeness (QED) is 0.624. The molecule has 1 saturated carbocycles. The lowest BCUT2D eigenvalue weighted by Crippen LogP contribution is -2.48. The number of para-hydroxylation sites is 1. The van der Waals surface area contributed by atoms with Crippen LogP contribution < -0.4 is 9.64 Å². The predicted octanol–water partition coefficient (Wildman–Crippen LogP) is 3.98.